The molecule has 0 spiro atoms. The first-order valence-electron chi connectivity index (χ1n) is 6.63. The van der Waals surface area contributed by atoms with E-state index in [0.29, 0.717) is 12.3 Å². The molecule has 1 amide bonds. The fourth-order valence-electron chi connectivity index (χ4n) is 2.56. The van der Waals surface area contributed by atoms with Gasteiger partial charge in [-0.25, -0.2) is 0 Å². The molecule has 5 nitrogen and oxygen atoms in total. The van der Waals surface area contributed by atoms with Crippen molar-refractivity contribution in [2.24, 2.45) is 5.92 Å². The number of benzene rings is 1. The van der Waals surface area contributed by atoms with Crippen molar-refractivity contribution in [3.05, 3.63) is 12.1 Å². The SMILES string of the molecule is CCN1C(=O)C(C(C)C)Nc2cc3c(cc21)OCO3. The molecule has 2 aliphatic heterocycles. The topological polar surface area (TPSA) is 50.8 Å². The smallest absolute Gasteiger partial charge is 0.249 e. The van der Waals surface area contributed by atoms with Gasteiger partial charge in [-0.15, -0.1) is 0 Å². The summed E-state index contributed by atoms with van der Waals surface area (Å²) in [4.78, 5) is 14.3. The van der Waals surface area contributed by atoms with Gasteiger partial charge >= 0.3 is 0 Å². The molecule has 0 radical (unpaired) electrons. The van der Waals surface area contributed by atoms with E-state index in [4.69, 9.17) is 9.47 Å². The molecular formula is C14H18N2O3. The second-order valence-corrected chi connectivity index (χ2v) is 5.17. The Bertz CT molecular complexity index is 528. The van der Waals surface area contributed by atoms with E-state index in [9.17, 15) is 4.79 Å². The number of fused-ring (bicyclic) bond motifs is 2. The molecule has 0 bridgehead atoms. The van der Waals surface area contributed by atoms with Gasteiger partial charge in [0, 0.05) is 18.7 Å². The van der Waals surface area contributed by atoms with Gasteiger partial charge in [0.1, 0.15) is 6.04 Å². The third-order valence-corrected chi connectivity index (χ3v) is 3.61. The molecule has 1 unspecified atom stereocenters. The van der Waals surface area contributed by atoms with Crippen molar-refractivity contribution >= 4 is 17.3 Å². The Morgan fingerprint density at radius 3 is 2.68 bits per heavy atom. The zero-order valence-electron chi connectivity index (χ0n) is 11.4. The number of amides is 1. The summed E-state index contributed by atoms with van der Waals surface area (Å²) in [5, 5.41) is 3.31. The predicted octanol–water partition coefficient (Wildman–Crippen LogP) is 2.22. The molecule has 1 aromatic carbocycles. The number of carbonyl (C=O) groups excluding carboxylic acids is 1. The number of nitrogens with one attached hydrogen (secondary N) is 1. The molecule has 0 saturated carbocycles. The van der Waals surface area contributed by atoms with E-state index in [1.54, 1.807) is 4.90 Å². The van der Waals surface area contributed by atoms with Crippen molar-refractivity contribution in [2.75, 3.05) is 23.6 Å². The number of hydrogen-bond donors (Lipinski definition) is 1. The largest absolute Gasteiger partial charge is 0.454 e. The number of nitrogens with zero attached hydrogens (tertiary/aromatic N) is 1. The number of rotatable bonds is 2. The van der Waals surface area contributed by atoms with Crippen LogP contribution >= 0.6 is 0 Å². The molecule has 3 rings (SSSR count). The second-order valence-electron chi connectivity index (χ2n) is 5.17. The first-order chi connectivity index (χ1) is 9.11. The van der Waals surface area contributed by atoms with Crippen LogP contribution in [0.1, 0.15) is 20.8 Å². The molecule has 1 N–H and O–H groups in total. The molecule has 102 valence electrons. The van der Waals surface area contributed by atoms with Crippen molar-refractivity contribution in [1.29, 1.82) is 0 Å². The van der Waals surface area contributed by atoms with Gasteiger partial charge in [0.05, 0.1) is 11.4 Å². The normalized spacial score (nSPS) is 20.5. The van der Waals surface area contributed by atoms with Crippen molar-refractivity contribution in [2.45, 2.75) is 26.8 Å². The Kier molecular flexibility index (Phi) is 2.77. The van der Waals surface area contributed by atoms with Crippen molar-refractivity contribution < 1.29 is 14.3 Å². The lowest BCUT2D eigenvalue weighted by Gasteiger charge is -2.36. The number of ether oxygens (including phenoxy) is 2. The van der Waals surface area contributed by atoms with E-state index >= 15 is 0 Å². The van der Waals surface area contributed by atoms with Crippen molar-refractivity contribution in [3.8, 4) is 11.5 Å². The van der Waals surface area contributed by atoms with Gasteiger partial charge in [-0.1, -0.05) is 13.8 Å². The molecule has 2 aliphatic rings. The van der Waals surface area contributed by atoms with Crippen LogP contribution in [0.15, 0.2) is 12.1 Å². The summed E-state index contributed by atoms with van der Waals surface area (Å²) in [7, 11) is 0. The van der Waals surface area contributed by atoms with Gasteiger partial charge in [-0.2, -0.15) is 0 Å². The molecule has 1 atom stereocenters. The molecular weight excluding hydrogens is 244 g/mol. The minimum atomic E-state index is -0.187. The standard InChI is InChI=1S/C14H18N2O3/c1-4-16-10-6-12-11(18-7-19-12)5-9(10)15-13(8(2)3)14(16)17/h5-6,8,13,15H,4,7H2,1-3H3. The maximum Gasteiger partial charge on any atom is 0.249 e. The van der Waals surface area contributed by atoms with Crippen LogP contribution in [0.2, 0.25) is 0 Å². The average molecular weight is 262 g/mol. The predicted molar refractivity (Wildman–Crippen MR) is 72.8 cm³/mol. The lowest BCUT2D eigenvalue weighted by Crippen LogP contribution is -2.49. The second kappa shape index (κ2) is 4.33. The van der Waals surface area contributed by atoms with E-state index in [1.165, 1.54) is 0 Å². The summed E-state index contributed by atoms with van der Waals surface area (Å²) in [6, 6.07) is 3.61. The summed E-state index contributed by atoms with van der Waals surface area (Å²) in [5.41, 5.74) is 1.80. The van der Waals surface area contributed by atoms with Crippen LogP contribution in [0.3, 0.4) is 0 Å². The van der Waals surface area contributed by atoms with Crippen LogP contribution in [-0.2, 0) is 4.79 Å². The molecule has 2 heterocycles. The van der Waals surface area contributed by atoms with Gasteiger partial charge in [0.25, 0.3) is 0 Å². The highest BCUT2D eigenvalue weighted by Crippen LogP contribution is 2.43. The highest BCUT2D eigenvalue weighted by Gasteiger charge is 2.35. The van der Waals surface area contributed by atoms with Crippen molar-refractivity contribution in [1.82, 2.24) is 0 Å². The average Bonchev–Trinajstić information content (AvgIpc) is 2.82. The summed E-state index contributed by atoms with van der Waals surface area (Å²) >= 11 is 0. The third-order valence-electron chi connectivity index (χ3n) is 3.61. The van der Waals surface area contributed by atoms with Crippen LogP contribution in [-0.4, -0.2) is 25.3 Å². The number of anilines is 2. The van der Waals surface area contributed by atoms with E-state index in [1.807, 2.05) is 32.9 Å². The molecule has 0 aliphatic carbocycles. The minimum Gasteiger partial charge on any atom is -0.454 e. The quantitative estimate of drug-likeness (QED) is 0.888. The zero-order chi connectivity index (χ0) is 13.6. The van der Waals surface area contributed by atoms with Crippen LogP contribution in [0.5, 0.6) is 11.5 Å². The van der Waals surface area contributed by atoms with Crippen LogP contribution in [0.4, 0.5) is 11.4 Å². The molecule has 0 aromatic heterocycles. The Balaban J connectivity index is 2.07. The van der Waals surface area contributed by atoms with Gasteiger partial charge in [0.2, 0.25) is 12.7 Å². The molecule has 0 saturated heterocycles. The highest BCUT2D eigenvalue weighted by molar-refractivity contribution is 6.05. The summed E-state index contributed by atoms with van der Waals surface area (Å²) in [6.07, 6.45) is 0. The minimum absolute atomic E-state index is 0.115. The Labute approximate surface area is 112 Å². The van der Waals surface area contributed by atoms with Gasteiger partial charge in [0.15, 0.2) is 11.5 Å². The number of hydrogen-bond acceptors (Lipinski definition) is 4. The molecule has 19 heavy (non-hydrogen) atoms. The lowest BCUT2D eigenvalue weighted by molar-refractivity contribution is -0.120. The maximum atomic E-state index is 12.5. The first-order valence-corrected chi connectivity index (χ1v) is 6.63. The Hall–Kier alpha value is -1.91. The van der Waals surface area contributed by atoms with E-state index in [0.717, 1.165) is 17.1 Å². The summed E-state index contributed by atoms with van der Waals surface area (Å²) < 4.78 is 10.8. The lowest BCUT2D eigenvalue weighted by atomic mass is 9.98. The van der Waals surface area contributed by atoms with Crippen LogP contribution < -0.4 is 19.7 Å². The maximum absolute atomic E-state index is 12.5. The summed E-state index contributed by atoms with van der Waals surface area (Å²) in [6.45, 7) is 6.96. The fraction of sp³-hybridized carbons (Fsp3) is 0.500. The monoisotopic (exact) mass is 262 g/mol. The Morgan fingerprint density at radius 2 is 2.05 bits per heavy atom. The zero-order valence-corrected chi connectivity index (χ0v) is 11.4. The first kappa shape index (κ1) is 12.1. The van der Waals surface area contributed by atoms with Gasteiger partial charge in [-0.05, 0) is 12.8 Å². The van der Waals surface area contributed by atoms with Crippen molar-refractivity contribution in [3.63, 3.8) is 0 Å². The van der Waals surface area contributed by atoms with Crippen LogP contribution in [0, 0.1) is 5.92 Å². The van der Waals surface area contributed by atoms with Gasteiger partial charge < -0.3 is 19.7 Å². The number of carbonyl (C=O) groups is 1. The van der Waals surface area contributed by atoms with E-state index < -0.39 is 0 Å². The summed E-state index contributed by atoms with van der Waals surface area (Å²) in [5.74, 6) is 1.79. The Morgan fingerprint density at radius 1 is 1.37 bits per heavy atom. The molecule has 1 aromatic rings. The fourth-order valence-corrected chi connectivity index (χ4v) is 2.56. The van der Waals surface area contributed by atoms with Crippen LogP contribution in [0.25, 0.3) is 0 Å². The number of likely N-dealkylation sites (N-methyl/N-ethyl adjacent to an activating group) is 1. The van der Waals surface area contributed by atoms with E-state index in [2.05, 4.69) is 5.32 Å². The third kappa shape index (κ3) is 1.80. The molecule has 5 heteroatoms. The highest BCUT2D eigenvalue weighted by atomic mass is 16.7. The van der Waals surface area contributed by atoms with Gasteiger partial charge in [-0.3, -0.25) is 4.79 Å². The van der Waals surface area contributed by atoms with E-state index in [-0.39, 0.29) is 24.7 Å². The molecule has 0 fully saturated rings.